The number of carbonyl (C=O) groups is 1. The number of nitrogens with zero attached hydrogens (tertiary/aromatic N) is 4. The van der Waals surface area contributed by atoms with Crippen molar-refractivity contribution in [2.24, 2.45) is 5.41 Å². The van der Waals surface area contributed by atoms with E-state index in [9.17, 15) is 4.79 Å². The zero-order chi connectivity index (χ0) is 17.9. The number of rotatable bonds is 1. The van der Waals surface area contributed by atoms with Gasteiger partial charge in [-0.2, -0.15) is 4.52 Å². The number of hydrogen-bond donors (Lipinski definition) is 1. The van der Waals surface area contributed by atoms with Gasteiger partial charge in [0.25, 0.3) is 0 Å². The Morgan fingerprint density at radius 3 is 2.81 bits per heavy atom. The van der Waals surface area contributed by atoms with E-state index in [1.54, 1.807) is 6.20 Å². The summed E-state index contributed by atoms with van der Waals surface area (Å²) in [4.78, 5) is 22.2. The second-order valence-corrected chi connectivity index (χ2v) is 7.82. The molecule has 6 heteroatoms. The molecule has 130 valence electrons. The monoisotopic (exact) mass is 346 g/mol. The van der Waals surface area contributed by atoms with E-state index in [4.69, 9.17) is 0 Å². The van der Waals surface area contributed by atoms with Crippen molar-refractivity contribution in [2.75, 3.05) is 5.32 Å². The number of benzene rings is 1. The van der Waals surface area contributed by atoms with Crippen LogP contribution in [0.2, 0.25) is 0 Å². The van der Waals surface area contributed by atoms with Crippen molar-refractivity contribution in [3.63, 3.8) is 0 Å². The van der Waals surface area contributed by atoms with Gasteiger partial charge in [0.05, 0.1) is 11.3 Å². The average molecular weight is 346 g/mol. The van der Waals surface area contributed by atoms with Crippen molar-refractivity contribution in [2.45, 2.75) is 32.7 Å². The van der Waals surface area contributed by atoms with Gasteiger partial charge in [-0.25, -0.2) is 10.3 Å². The summed E-state index contributed by atoms with van der Waals surface area (Å²) in [6.45, 7) is 4.28. The Morgan fingerprint density at radius 2 is 2.00 bits per heavy atom. The maximum atomic E-state index is 13.1. The predicted octanol–water partition coefficient (Wildman–Crippen LogP) is 2.67. The highest BCUT2D eigenvalue weighted by Crippen LogP contribution is 2.42. The third-order valence-electron chi connectivity index (χ3n) is 5.18. The lowest BCUT2D eigenvalue weighted by atomic mass is 9.73. The van der Waals surface area contributed by atoms with E-state index in [0.29, 0.717) is 12.2 Å². The maximum Gasteiger partial charge on any atom is 0.419 e. The van der Waals surface area contributed by atoms with Gasteiger partial charge in [0.2, 0.25) is 0 Å². The van der Waals surface area contributed by atoms with E-state index in [-0.39, 0.29) is 17.2 Å². The van der Waals surface area contributed by atoms with Crippen LogP contribution < -0.4 is 10.00 Å². The van der Waals surface area contributed by atoms with Gasteiger partial charge in [-0.1, -0.05) is 44.2 Å². The molecule has 0 bridgehead atoms. The van der Waals surface area contributed by atoms with Crippen molar-refractivity contribution in [1.82, 2.24) is 14.5 Å². The molecule has 3 heterocycles. The SMILES string of the molecule is CC1(C)CC(=O)C2=C(C1)Nc1nc3ncccn3[n+]1[C@H]2c1ccccc1. The van der Waals surface area contributed by atoms with Crippen molar-refractivity contribution in [1.29, 1.82) is 0 Å². The number of hydrogen-bond acceptors (Lipinski definition) is 4. The molecule has 0 saturated heterocycles. The van der Waals surface area contributed by atoms with Crippen LogP contribution in [0.1, 0.15) is 38.3 Å². The molecule has 6 nitrogen and oxygen atoms in total. The first-order valence-corrected chi connectivity index (χ1v) is 8.87. The summed E-state index contributed by atoms with van der Waals surface area (Å²) in [6.07, 6.45) is 5.05. The van der Waals surface area contributed by atoms with Crippen LogP contribution in [0, 0.1) is 5.41 Å². The summed E-state index contributed by atoms with van der Waals surface area (Å²) in [5.74, 6) is 1.54. The number of nitrogens with one attached hydrogen (secondary N) is 1. The number of anilines is 1. The summed E-state index contributed by atoms with van der Waals surface area (Å²) in [6, 6.07) is 11.8. The van der Waals surface area contributed by atoms with Crippen molar-refractivity contribution in [3.05, 3.63) is 65.6 Å². The average Bonchev–Trinajstić information content (AvgIpc) is 2.97. The summed E-state index contributed by atoms with van der Waals surface area (Å²) in [7, 11) is 0. The zero-order valence-electron chi connectivity index (χ0n) is 14.8. The second-order valence-electron chi connectivity index (χ2n) is 7.82. The third-order valence-corrected chi connectivity index (χ3v) is 5.18. The maximum absolute atomic E-state index is 13.1. The minimum Gasteiger partial charge on any atom is -0.294 e. The molecule has 1 N–H and O–H groups in total. The van der Waals surface area contributed by atoms with Crippen LogP contribution in [-0.2, 0) is 4.79 Å². The molecule has 2 aliphatic rings. The highest BCUT2D eigenvalue weighted by atomic mass is 16.1. The van der Waals surface area contributed by atoms with E-state index in [1.807, 2.05) is 39.7 Å². The highest BCUT2D eigenvalue weighted by molar-refractivity contribution is 5.99. The molecule has 1 aliphatic heterocycles. The molecule has 1 aromatic carbocycles. The van der Waals surface area contributed by atoms with Crippen LogP contribution in [0.5, 0.6) is 0 Å². The minimum atomic E-state index is -0.203. The van der Waals surface area contributed by atoms with Gasteiger partial charge in [-0.3, -0.25) is 4.79 Å². The first-order chi connectivity index (χ1) is 12.5. The Morgan fingerprint density at radius 1 is 1.19 bits per heavy atom. The molecule has 1 atom stereocenters. The van der Waals surface area contributed by atoms with Crippen LogP contribution in [0.4, 0.5) is 5.95 Å². The number of ketones is 1. The van der Waals surface area contributed by atoms with E-state index in [1.165, 1.54) is 0 Å². The molecule has 0 saturated carbocycles. The molecular weight excluding hydrogens is 326 g/mol. The van der Waals surface area contributed by atoms with Crippen LogP contribution in [-0.4, -0.2) is 20.3 Å². The molecule has 0 amide bonds. The lowest BCUT2D eigenvalue weighted by Crippen LogP contribution is -2.53. The van der Waals surface area contributed by atoms with E-state index in [0.717, 1.165) is 29.2 Å². The van der Waals surface area contributed by atoms with Crippen LogP contribution in [0.25, 0.3) is 5.78 Å². The molecule has 0 fully saturated rings. The zero-order valence-corrected chi connectivity index (χ0v) is 14.8. The fourth-order valence-corrected chi connectivity index (χ4v) is 4.15. The van der Waals surface area contributed by atoms with Crippen LogP contribution >= 0.6 is 0 Å². The molecule has 5 rings (SSSR count). The van der Waals surface area contributed by atoms with Crippen molar-refractivity contribution >= 4 is 17.5 Å². The van der Waals surface area contributed by atoms with Gasteiger partial charge in [-0.05, 0) is 22.0 Å². The standard InChI is InChI=1S/C20H19N5O/c1-20(2)11-14-16(15(26)12-20)17(13-7-4-3-5-8-13)25-19(22-14)23-18-21-9-6-10-24(18)25/h3-10,17H,11-12H2,1-2H3/p+1/t17-/m0/s1. The van der Waals surface area contributed by atoms with Gasteiger partial charge in [-0.15, -0.1) is 4.68 Å². The first kappa shape index (κ1) is 15.3. The Hall–Kier alpha value is -3.02. The van der Waals surface area contributed by atoms with Gasteiger partial charge in [0, 0.05) is 25.2 Å². The van der Waals surface area contributed by atoms with Crippen LogP contribution in [0.15, 0.2) is 60.1 Å². The minimum absolute atomic E-state index is 0.0519. The molecule has 0 unspecified atom stereocenters. The lowest BCUT2D eigenvalue weighted by molar-refractivity contribution is -0.757. The summed E-state index contributed by atoms with van der Waals surface area (Å²) in [5.41, 5.74) is 2.86. The van der Waals surface area contributed by atoms with E-state index in [2.05, 4.69) is 41.3 Å². The highest BCUT2D eigenvalue weighted by Gasteiger charge is 2.46. The number of allylic oxidation sites excluding steroid dienone is 2. The van der Waals surface area contributed by atoms with Gasteiger partial charge in [0.1, 0.15) is 0 Å². The Balaban J connectivity index is 1.80. The molecular formula is C20H20N5O+. The number of fused-ring (bicyclic) bond motifs is 3. The summed E-state index contributed by atoms with van der Waals surface area (Å²) in [5, 5.41) is 3.42. The van der Waals surface area contributed by atoms with Gasteiger partial charge >= 0.3 is 11.7 Å². The largest absolute Gasteiger partial charge is 0.419 e. The molecule has 26 heavy (non-hydrogen) atoms. The first-order valence-electron chi connectivity index (χ1n) is 8.87. The smallest absolute Gasteiger partial charge is 0.294 e. The molecule has 2 aromatic heterocycles. The number of Topliss-reactive ketones (excluding diaryl/α,β-unsaturated/α-hetero) is 1. The topological polar surface area (TPSA) is 63.2 Å². The van der Waals surface area contributed by atoms with E-state index >= 15 is 0 Å². The quantitative estimate of drug-likeness (QED) is 0.688. The summed E-state index contributed by atoms with van der Waals surface area (Å²) < 4.78 is 3.95. The van der Waals surface area contributed by atoms with Crippen LogP contribution in [0.3, 0.4) is 0 Å². The fourth-order valence-electron chi connectivity index (χ4n) is 4.15. The number of aromatic nitrogens is 4. The number of carbonyl (C=O) groups excluding carboxylic acids is 1. The Bertz CT molecular complexity index is 1060. The fraction of sp³-hybridized carbons (Fsp3) is 0.300. The third kappa shape index (κ3) is 2.18. The van der Waals surface area contributed by atoms with Gasteiger partial charge < -0.3 is 0 Å². The molecule has 0 radical (unpaired) electrons. The van der Waals surface area contributed by atoms with Crippen molar-refractivity contribution in [3.8, 4) is 0 Å². The van der Waals surface area contributed by atoms with Gasteiger partial charge in [0.15, 0.2) is 11.8 Å². The molecule has 3 aromatic rings. The Labute approximate surface area is 151 Å². The van der Waals surface area contributed by atoms with Crippen molar-refractivity contribution < 1.29 is 9.48 Å². The second kappa shape index (κ2) is 5.24. The Kier molecular flexibility index (Phi) is 3.07. The lowest BCUT2D eigenvalue weighted by Gasteiger charge is -2.35. The summed E-state index contributed by atoms with van der Waals surface area (Å²) >= 11 is 0. The predicted molar refractivity (Wildman–Crippen MR) is 96.4 cm³/mol. The molecule has 0 spiro atoms. The normalized spacial score (nSPS) is 21.3. The molecule has 1 aliphatic carbocycles. The van der Waals surface area contributed by atoms with E-state index < -0.39 is 0 Å².